The molecule has 1 aromatic carbocycles. The summed E-state index contributed by atoms with van der Waals surface area (Å²) in [4.78, 5) is 11.3. The van der Waals surface area contributed by atoms with Crippen molar-refractivity contribution < 1.29 is 0 Å². The van der Waals surface area contributed by atoms with Crippen LogP contribution in [-0.2, 0) is 6.42 Å². The van der Waals surface area contributed by atoms with Crippen LogP contribution in [0.5, 0.6) is 0 Å². The summed E-state index contributed by atoms with van der Waals surface area (Å²) in [6, 6.07) is 8.79. The van der Waals surface area contributed by atoms with E-state index in [2.05, 4.69) is 60.3 Å². The number of aliphatic imine (C=N–C) groups is 1. The minimum atomic E-state index is 1.03. The third-order valence-corrected chi connectivity index (χ3v) is 6.00. The van der Waals surface area contributed by atoms with E-state index in [4.69, 9.17) is 4.99 Å². The molecule has 0 amide bonds. The molecule has 2 aromatic rings. The van der Waals surface area contributed by atoms with E-state index in [9.17, 15) is 0 Å². The zero-order valence-electron chi connectivity index (χ0n) is 14.6. The molecule has 1 aromatic heterocycles. The third kappa shape index (κ3) is 2.82. The van der Waals surface area contributed by atoms with Crippen molar-refractivity contribution >= 4 is 33.5 Å². The molecule has 4 nitrogen and oxygen atoms in total. The lowest BCUT2D eigenvalue weighted by atomic mass is 10.2. The van der Waals surface area contributed by atoms with E-state index in [1.165, 1.54) is 21.0 Å². The van der Waals surface area contributed by atoms with Gasteiger partial charge in [-0.3, -0.25) is 0 Å². The highest BCUT2D eigenvalue weighted by Gasteiger charge is 2.25. The fraction of sp³-hybridized carbons (Fsp3) is 0.421. The van der Waals surface area contributed by atoms with Gasteiger partial charge in [-0.1, -0.05) is 13.0 Å². The smallest absolute Gasteiger partial charge is 0.139 e. The van der Waals surface area contributed by atoms with Crippen molar-refractivity contribution in [3.63, 3.8) is 0 Å². The van der Waals surface area contributed by atoms with Gasteiger partial charge in [0, 0.05) is 31.1 Å². The van der Waals surface area contributed by atoms with Gasteiger partial charge in [0.25, 0.3) is 0 Å². The first kappa shape index (κ1) is 15.7. The zero-order chi connectivity index (χ0) is 16.7. The van der Waals surface area contributed by atoms with Crippen molar-refractivity contribution in [2.75, 3.05) is 38.5 Å². The Kier molecular flexibility index (Phi) is 4.06. The highest BCUT2D eigenvalue weighted by molar-refractivity contribution is 7.16. The van der Waals surface area contributed by atoms with Crippen molar-refractivity contribution in [1.29, 1.82) is 0 Å². The summed E-state index contributed by atoms with van der Waals surface area (Å²) >= 11 is 1.86. The van der Waals surface area contributed by atoms with Gasteiger partial charge in [0.2, 0.25) is 0 Å². The Morgan fingerprint density at radius 1 is 1.17 bits per heavy atom. The van der Waals surface area contributed by atoms with Crippen LogP contribution < -0.4 is 5.32 Å². The van der Waals surface area contributed by atoms with Crippen molar-refractivity contribution in [1.82, 2.24) is 9.80 Å². The number of hydrogen-bond acceptors (Lipinski definition) is 5. The van der Waals surface area contributed by atoms with Crippen LogP contribution in [0.1, 0.15) is 22.9 Å². The molecule has 1 N–H and O–H groups in total. The summed E-state index contributed by atoms with van der Waals surface area (Å²) in [7, 11) is 2.19. The normalized spacial score (nSPS) is 17.6. The first-order valence-corrected chi connectivity index (χ1v) is 9.48. The molecule has 2 aliphatic rings. The Balaban J connectivity index is 1.81. The highest BCUT2D eigenvalue weighted by Crippen LogP contribution is 2.40. The predicted octanol–water partition coefficient (Wildman–Crippen LogP) is 4.00. The third-order valence-electron chi connectivity index (χ3n) is 4.80. The molecule has 0 aliphatic carbocycles. The number of fused-ring (bicyclic) bond motifs is 2. The second-order valence-corrected chi connectivity index (χ2v) is 7.82. The fourth-order valence-electron chi connectivity index (χ4n) is 3.28. The number of thiophene rings is 1. The second kappa shape index (κ2) is 6.22. The molecule has 4 rings (SSSR count). The van der Waals surface area contributed by atoms with E-state index in [1.54, 1.807) is 0 Å². The molecule has 0 bridgehead atoms. The van der Waals surface area contributed by atoms with E-state index in [0.717, 1.165) is 49.8 Å². The molecule has 126 valence electrons. The molecule has 3 heterocycles. The zero-order valence-corrected chi connectivity index (χ0v) is 15.4. The van der Waals surface area contributed by atoms with E-state index in [1.807, 2.05) is 11.3 Å². The van der Waals surface area contributed by atoms with Crippen LogP contribution in [0.15, 0.2) is 29.3 Å². The van der Waals surface area contributed by atoms with Crippen LogP contribution in [-0.4, -0.2) is 48.9 Å². The first-order chi connectivity index (χ1) is 11.6. The fourth-order valence-corrected chi connectivity index (χ4v) is 4.28. The van der Waals surface area contributed by atoms with Crippen LogP contribution in [0, 0.1) is 6.92 Å². The molecule has 1 fully saturated rings. The standard InChI is InChI=1S/C19H24N4S/c1-4-14-12-15-18(23-9-7-22(3)8-10-23)20-16-6-5-13(2)11-17(16)21-19(15)24-14/h5-6,11-12,21H,4,7-10H2,1-3H3. The lowest BCUT2D eigenvalue weighted by Gasteiger charge is -2.34. The topological polar surface area (TPSA) is 30.9 Å². The lowest BCUT2D eigenvalue weighted by molar-refractivity contribution is 0.216. The van der Waals surface area contributed by atoms with Crippen molar-refractivity contribution in [3.05, 3.63) is 40.3 Å². The van der Waals surface area contributed by atoms with E-state index in [-0.39, 0.29) is 0 Å². The van der Waals surface area contributed by atoms with Gasteiger partial charge < -0.3 is 15.1 Å². The Morgan fingerprint density at radius 3 is 2.71 bits per heavy atom. The van der Waals surface area contributed by atoms with Crippen LogP contribution in [0.25, 0.3) is 0 Å². The largest absolute Gasteiger partial charge is 0.353 e. The number of rotatable bonds is 1. The molecule has 0 atom stereocenters. The molecule has 0 saturated carbocycles. The van der Waals surface area contributed by atoms with Gasteiger partial charge in [0.1, 0.15) is 10.8 Å². The van der Waals surface area contributed by atoms with Crippen LogP contribution in [0.4, 0.5) is 16.4 Å². The van der Waals surface area contributed by atoms with Gasteiger partial charge in [-0.25, -0.2) is 4.99 Å². The van der Waals surface area contributed by atoms with E-state index >= 15 is 0 Å². The van der Waals surface area contributed by atoms with E-state index < -0.39 is 0 Å². The Hall–Kier alpha value is -1.85. The number of likely N-dealkylation sites (N-methyl/N-ethyl adjacent to an activating group) is 1. The molecule has 24 heavy (non-hydrogen) atoms. The highest BCUT2D eigenvalue weighted by atomic mass is 32.1. The lowest BCUT2D eigenvalue weighted by Crippen LogP contribution is -2.47. The monoisotopic (exact) mass is 340 g/mol. The Bertz CT molecular complexity index is 785. The maximum Gasteiger partial charge on any atom is 0.139 e. The summed E-state index contributed by atoms with van der Waals surface area (Å²) in [6.07, 6.45) is 1.07. The molecule has 2 aliphatic heterocycles. The predicted molar refractivity (Wildman–Crippen MR) is 103 cm³/mol. The van der Waals surface area contributed by atoms with Gasteiger partial charge in [0.15, 0.2) is 0 Å². The van der Waals surface area contributed by atoms with E-state index in [0.29, 0.717) is 0 Å². The average Bonchev–Trinajstić information content (AvgIpc) is 2.92. The minimum absolute atomic E-state index is 1.03. The molecule has 0 spiro atoms. The van der Waals surface area contributed by atoms with Crippen LogP contribution >= 0.6 is 11.3 Å². The molecular formula is C19H24N4S. The van der Waals surface area contributed by atoms with Gasteiger partial charge in [-0.15, -0.1) is 11.3 Å². The van der Waals surface area contributed by atoms with Gasteiger partial charge in [-0.05, 0) is 44.2 Å². The number of amidine groups is 1. The molecule has 1 saturated heterocycles. The molecule has 5 heteroatoms. The summed E-state index contributed by atoms with van der Waals surface area (Å²) in [5.74, 6) is 1.13. The summed E-state index contributed by atoms with van der Waals surface area (Å²) in [6.45, 7) is 8.60. The first-order valence-electron chi connectivity index (χ1n) is 8.67. The van der Waals surface area contributed by atoms with Gasteiger partial charge in [-0.2, -0.15) is 0 Å². The maximum atomic E-state index is 5.09. The Labute approximate surface area is 147 Å². The molecule has 0 unspecified atom stereocenters. The molecule has 0 radical (unpaired) electrons. The number of aryl methyl sites for hydroxylation is 2. The maximum absolute atomic E-state index is 5.09. The number of anilines is 2. The number of nitrogens with one attached hydrogen (secondary N) is 1. The van der Waals surface area contributed by atoms with Gasteiger partial charge in [0.05, 0.1) is 16.9 Å². The number of benzene rings is 1. The minimum Gasteiger partial charge on any atom is -0.353 e. The summed E-state index contributed by atoms with van der Waals surface area (Å²) in [5, 5.41) is 4.87. The van der Waals surface area contributed by atoms with Gasteiger partial charge >= 0.3 is 0 Å². The summed E-state index contributed by atoms with van der Waals surface area (Å²) in [5.41, 5.74) is 4.67. The van der Waals surface area contributed by atoms with Crippen molar-refractivity contribution in [2.45, 2.75) is 20.3 Å². The SMILES string of the molecule is CCc1cc2c(s1)Nc1cc(C)ccc1N=C2N1CCN(C)CC1. The van der Waals surface area contributed by atoms with Crippen LogP contribution in [0.3, 0.4) is 0 Å². The molecular weight excluding hydrogens is 316 g/mol. The van der Waals surface area contributed by atoms with Crippen LogP contribution in [0.2, 0.25) is 0 Å². The number of piperazine rings is 1. The van der Waals surface area contributed by atoms with Crippen molar-refractivity contribution in [2.24, 2.45) is 4.99 Å². The summed E-state index contributed by atoms with van der Waals surface area (Å²) < 4.78 is 0. The average molecular weight is 340 g/mol. The number of hydrogen-bond donors (Lipinski definition) is 1. The van der Waals surface area contributed by atoms with Crippen molar-refractivity contribution in [3.8, 4) is 0 Å². The number of nitrogens with zero attached hydrogens (tertiary/aromatic N) is 3. The second-order valence-electron chi connectivity index (χ2n) is 6.68. The Morgan fingerprint density at radius 2 is 1.96 bits per heavy atom. The quantitative estimate of drug-likeness (QED) is 0.851.